The Morgan fingerprint density at radius 2 is 2.75 bits per heavy atom. The first-order valence-electron chi connectivity index (χ1n) is 8.22. The van der Waals surface area contributed by atoms with E-state index in [9.17, 15) is 0 Å². The van der Waals surface area contributed by atoms with Gasteiger partial charge in [0.15, 0.2) is 0 Å². The zero-order valence-electron chi connectivity index (χ0n) is 17.4. The highest BCUT2D eigenvalue weighted by Gasteiger charge is 2.47. The number of rotatable bonds is 6. The molecule has 5 N–H and O–H groups in total. The molecular weight excluding hydrogens is 168 g/mol. The summed E-state index contributed by atoms with van der Waals surface area (Å²) in [4.78, 5) is 0. The summed E-state index contributed by atoms with van der Waals surface area (Å²) in [6.45, 7) is -7.49. The summed E-state index contributed by atoms with van der Waals surface area (Å²) in [6.07, 6.45) is -11.5. The molecule has 0 bridgehead atoms. The minimum absolute atomic E-state index is 3.62. The maximum absolute atomic E-state index is 7.96. The first kappa shape index (κ1) is 2.41. The Bertz CT molecular complexity index is 481. The lowest BCUT2D eigenvalue weighted by molar-refractivity contribution is -0.331. The van der Waals surface area contributed by atoms with Crippen molar-refractivity contribution in [2.24, 2.45) is 0 Å². The quantitative estimate of drug-likeness (QED) is 0.303. The largest absolute Gasteiger partial charge is 0.391 e. The fraction of sp³-hybridized carbons (Fsp3) is 1.00. The lowest BCUT2D eigenvalue weighted by Crippen LogP contribution is -2.62. The summed E-state index contributed by atoms with van der Waals surface area (Å²) in [5.74, 6) is -3.85. The van der Waals surface area contributed by atoms with Crippen molar-refractivity contribution in [3.63, 3.8) is 0 Å². The van der Waals surface area contributed by atoms with Crippen molar-refractivity contribution in [1.82, 2.24) is 0 Å². The lowest BCUT2D eigenvalue weighted by atomic mass is 9.98. The van der Waals surface area contributed by atoms with Gasteiger partial charge in [0.05, 0.1) is 22.7 Å². The summed E-state index contributed by atoms with van der Waals surface area (Å²) >= 11 is 0. The highest BCUT2D eigenvalue weighted by Crippen LogP contribution is 2.22. The van der Waals surface area contributed by atoms with Gasteiger partial charge in [-0.05, 0) is 0 Å². The third-order valence-electron chi connectivity index (χ3n) is 1.13. The second-order valence-electron chi connectivity index (χ2n) is 1.91. The van der Waals surface area contributed by atoms with Crippen molar-refractivity contribution < 1.29 is 39.9 Å². The molecule has 1 saturated heterocycles. The van der Waals surface area contributed by atoms with E-state index in [0.717, 1.165) is 0 Å². The van der Waals surface area contributed by atoms with Crippen LogP contribution >= 0.6 is 0 Å². The van der Waals surface area contributed by atoms with Crippen molar-refractivity contribution >= 4 is 0 Å². The highest BCUT2D eigenvalue weighted by molar-refractivity contribution is 4.90. The predicted molar refractivity (Wildman–Crippen MR) is 36.0 cm³/mol. The molecule has 4 atom stereocenters. The molecule has 0 aromatic carbocycles. The normalized spacial score (nSPS) is 87.0. The van der Waals surface area contributed by atoms with Gasteiger partial charge in [-0.25, -0.2) is 0 Å². The number of aliphatic hydroxyl groups is 5. The molecule has 6 nitrogen and oxygen atoms in total. The van der Waals surface area contributed by atoms with Crippen LogP contribution in [-0.4, -0.2) is 69.8 Å². The van der Waals surface area contributed by atoms with Crippen molar-refractivity contribution in [3.05, 3.63) is 0 Å². The molecule has 0 radical (unpaired) electrons. The van der Waals surface area contributed by atoms with Crippen LogP contribution in [0.1, 0.15) is 9.60 Å². The first-order valence-corrected chi connectivity index (χ1v) is 2.68. The Balaban J connectivity index is 3.91. The Labute approximate surface area is 85.9 Å². The molecule has 1 heterocycles. The molecular formula is C6H12O6. The van der Waals surface area contributed by atoms with Crippen LogP contribution in [0.2, 0.25) is 0 Å². The molecule has 6 heteroatoms. The summed E-state index contributed by atoms with van der Waals surface area (Å²) in [5.41, 5.74) is 0. The molecule has 0 aromatic heterocycles. The molecule has 0 amide bonds. The van der Waals surface area contributed by atoms with Crippen molar-refractivity contribution in [2.75, 3.05) is 13.1 Å². The van der Waals surface area contributed by atoms with Crippen LogP contribution in [-0.2, 0) is 4.74 Å². The lowest BCUT2D eigenvalue weighted by Gasteiger charge is -2.40. The molecule has 1 unspecified atom stereocenters. The van der Waals surface area contributed by atoms with Gasteiger partial charge in [0, 0.05) is 0 Å². The average Bonchev–Trinajstić information content (AvgIpc) is 2.55. The number of hydrogen-bond acceptors (Lipinski definition) is 6. The Kier molecular flexibility index (Phi) is 0.653. The van der Waals surface area contributed by atoms with E-state index in [-0.39, 0.29) is 0 Å². The van der Waals surface area contributed by atoms with E-state index < -0.39 is 37.1 Å². The zero-order valence-corrected chi connectivity index (χ0v) is 5.45. The van der Waals surface area contributed by atoms with Crippen LogP contribution in [0.15, 0.2) is 0 Å². The van der Waals surface area contributed by atoms with Gasteiger partial charge in [-0.1, -0.05) is 0 Å². The zero-order chi connectivity index (χ0) is 19.2. The number of hydrogen-bond donors (Lipinski definition) is 5. The van der Waals surface area contributed by atoms with Gasteiger partial charge in [0.2, 0.25) is 12.9 Å². The number of ether oxygens (including phenoxy) is 1. The molecule has 1 rings (SSSR count). The van der Waals surface area contributed by atoms with Gasteiger partial charge in [-0.3, -0.25) is 0 Å². The molecule has 1 aliphatic heterocycles. The van der Waals surface area contributed by atoms with Gasteiger partial charge in [-0.15, -0.1) is 0 Å². The molecule has 1 fully saturated rings. The smallest absolute Gasteiger partial charge is 0.218 e. The molecule has 72 valence electrons. The van der Waals surface area contributed by atoms with E-state index >= 15 is 0 Å². The minimum atomic E-state index is -3.89. The van der Waals surface area contributed by atoms with Crippen molar-refractivity contribution in [3.8, 4) is 0 Å². The Hall–Kier alpha value is -0.240. The fourth-order valence-corrected chi connectivity index (χ4v) is 0.531. The third-order valence-corrected chi connectivity index (χ3v) is 1.13. The topological polar surface area (TPSA) is 110 Å². The van der Waals surface area contributed by atoms with Gasteiger partial charge >= 0.3 is 0 Å². The monoisotopic (exact) mass is 192 g/mol. The molecule has 12 heavy (non-hydrogen) atoms. The molecule has 0 saturated carbocycles. The Morgan fingerprint density at radius 1 is 1.75 bits per heavy atom. The standard InChI is InChI=1S/C6H12O6/c7-2-6(11)5(10)4(9)3(8)1-12-6/h3-5,7-11H,1-2H2/t3-,4?,5+,6-/m0/s1/i1D2,2D2,3D,4D,5D,7D,8D,9D,10D,11D. The SMILES string of the molecule is [2H]OC([2H])([2H])[C@]1(O[2H])OC([2H])([2H])[C@]([2H])(O[2H])C([2H])(O[2H])[C@@]1([2H])O[2H]. The van der Waals surface area contributed by atoms with E-state index in [2.05, 4.69) is 30.3 Å². The van der Waals surface area contributed by atoms with E-state index in [0.29, 0.717) is 0 Å². The minimum Gasteiger partial charge on any atom is -0.391 e. The average molecular weight is 192 g/mol. The van der Waals surface area contributed by atoms with E-state index in [1.165, 1.54) is 0 Å². The van der Waals surface area contributed by atoms with E-state index in [1.807, 2.05) is 0 Å². The van der Waals surface area contributed by atoms with Gasteiger partial charge in [-0.2, -0.15) is 0 Å². The summed E-state index contributed by atoms with van der Waals surface area (Å²) in [5, 5.41) is 18.9. The van der Waals surface area contributed by atoms with Crippen LogP contribution < -0.4 is 0 Å². The Morgan fingerprint density at radius 3 is 3.33 bits per heavy atom. The first-order chi connectivity index (χ1) is 10.8. The second kappa shape index (κ2) is 3.25. The van der Waals surface area contributed by atoms with Gasteiger partial charge in [0.1, 0.15) is 18.2 Å². The van der Waals surface area contributed by atoms with Crippen LogP contribution in [0.3, 0.4) is 0 Å². The van der Waals surface area contributed by atoms with Gasteiger partial charge in [0.25, 0.3) is 0 Å². The summed E-state index contributed by atoms with van der Waals surface area (Å²) < 4.78 is 92.4. The van der Waals surface area contributed by atoms with Crippen molar-refractivity contribution in [2.45, 2.75) is 24.0 Å². The fourth-order valence-electron chi connectivity index (χ4n) is 0.531. The third kappa shape index (κ3) is 1.45. The molecule has 0 spiro atoms. The molecule has 0 aromatic rings. The summed E-state index contributed by atoms with van der Waals surface area (Å²) in [6, 6.07) is 0. The van der Waals surface area contributed by atoms with Crippen LogP contribution in [0.5, 0.6) is 0 Å². The van der Waals surface area contributed by atoms with E-state index in [4.69, 9.17) is 16.8 Å². The summed E-state index contributed by atoms with van der Waals surface area (Å²) in [7, 11) is 0. The van der Waals surface area contributed by atoms with Crippen LogP contribution in [0, 0.1) is 0 Å². The predicted octanol–water partition coefficient (Wildman–Crippen LogP) is -3.22. The maximum Gasteiger partial charge on any atom is 0.218 e. The van der Waals surface area contributed by atoms with E-state index in [1.54, 1.807) is 0 Å². The van der Waals surface area contributed by atoms with Crippen LogP contribution in [0.4, 0.5) is 0 Å². The maximum atomic E-state index is 7.96. The molecule has 1 aliphatic rings. The van der Waals surface area contributed by atoms with Crippen molar-refractivity contribution in [1.29, 1.82) is 7.16 Å². The van der Waals surface area contributed by atoms with Crippen LogP contribution in [0.25, 0.3) is 0 Å². The molecule has 0 aliphatic carbocycles. The highest BCUT2D eigenvalue weighted by atomic mass is 16.7. The van der Waals surface area contributed by atoms with Gasteiger partial charge < -0.3 is 30.3 Å². The second-order valence-corrected chi connectivity index (χ2v) is 1.91.